The van der Waals surface area contributed by atoms with Crippen molar-refractivity contribution in [3.05, 3.63) is 64.2 Å². The normalized spacial score (nSPS) is 15.2. The Hall–Kier alpha value is -2.44. The first-order valence-electron chi connectivity index (χ1n) is 7.89. The van der Waals surface area contributed by atoms with E-state index >= 15 is 0 Å². The lowest BCUT2D eigenvalue weighted by atomic mass is 10.1. The van der Waals surface area contributed by atoms with Gasteiger partial charge in [0.15, 0.2) is 0 Å². The SMILES string of the molecule is CCOC(=O)C#Cc1ccc(OC2CCc3cc(Cl)ccc32)cc1. The van der Waals surface area contributed by atoms with E-state index in [1.54, 1.807) is 6.92 Å². The highest BCUT2D eigenvalue weighted by Gasteiger charge is 2.24. The van der Waals surface area contributed by atoms with Crippen molar-refractivity contribution in [2.45, 2.75) is 25.9 Å². The van der Waals surface area contributed by atoms with E-state index in [9.17, 15) is 4.79 Å². The molecule has 0 amide bonds. The second kappa shape index (κ2) is 7.42. The van der Waals surface area contributed by atoms with E-state index in [-0.39, 0.29) is 6.10 Å². The lowest BCUT2D eigenvalue weighted by Crippen LogP contribution is -2.03. The van der Waals surface area contributed by atoms with Crippen molar-refractivity contribution in [1.82, 2.24) is 0 Å². The van der Waals surface area contributed by atoms with Crippen molar-refractivity contribution in [3.8, 4) is 17.6 Å². The van der Waals surface area contributed by atoms with Crippen LogP contribution in [0.2, 0.25) is 5.02 Å². The van der Waals surface area contributed by atoms with Gasteiger partial charge in [-0.2, -0.15) is 0 Å². The molecule has 4 heteroatoms. The molecule has 2 aromatic rings. The molecule has 0 aromatic heterocycles. The lowest BCUT2D eigenvalue weighted by Gasteiger charge is -2.15. The zero-order valence-electron chi connectivity index (χ0n) is 13.3. The highest BCUT2D eigenvalue weighted by Crippen LogP contribution is 2.36. The predicted octanol–water partition coefficient (Wildman–Crippen LogP) is 4.32. The molecule has 0 saturated heterocycles. The Morgan fingerprint density at radius 1 is 1.25 bits per heavy atom. The number of esters is 1. The average Bonchev–Trinajstić information content (AvgIpc) is 2.96. The van der Waals surface area contributed by atoms with Gasteiger partial charge < -0.3 is 9.47 Å². The van der Waals surface area contributed by atoms with E-state index in [1.165, 1.54) is 11.1 Å². The molecule has 0 fully saturated rings. The molecule has 3 rings (SSSR count). The minimum atomic E-state index is -0.515. The summed E-state index contributed by atoms with van der Waals surface area (Å²) in [7, 11) is 0. The molecule has 0 N–H and O–H groups in total. The Morgan fingerprint density at radius 2 is 2.04 bits per heavy atom. The molecule has 1 aliphatic rings. The third kappa shape index (κ3) is 3.90. The third-order valence-corrected chi connectivity index (χ3v) is 4.08. The number of carbonyl (C=O) groups excluding carboxylic acids is 1. The van der Waals surface area contributed by atoms with Gasteiger partial charge in [0.05, 0.1) is 6.61 Å². The lowest BCUT2D eigenvalue weighted by molar-refractivity contribution is -0.136. The van der Waals surface area contributed by atoms with Crippen molar-refractivity contribution in [2.75, 3.05) is 6.61 Å². The summed E-state index contributed by atoms with van der Waals surface area (Å²) in [6.45, 7) is 2.08. The highest BCUT2D eigenvalue weighted by molar-refractivity contribution is 6.30. The molecule has 0 spiro atoms. The van der Waals surface area contributed by atoms with Crippen LogP contribution in [0.25, 0.3) is 0 Å². The van der Waals surface area contributed by atoms with Gasteiger partial charge in [-0.15, -0.1) is 0 Å². The number of hydrogen-bond acceptors (Lipinski definition) is 3. The largest absolute Gasteiger partial charge is 0.486 e. The number of hydrogen-bond donors (Lipinski definition) is 0. The molecule has 0 aliphatic heterocycles. The standard InChI is InChI=1S/C20H17ClO3/c1-2-23-20(22)12-5-14-3-8-17(9-4-14)24-19-11-6-15-13-16(21)7-10-18(15)19/h3-4,7-10,13,19H,2,6,11H2,1H3. The summed E-state index contributed by atoms with van der Waals surface area (Å²) in [5.41, 5.74) is 3.20. The fourth-order valence-corrected chi connectivity index (χ4v) is 2.94. The molecule has 3 nitrogen and oxygen atoms in total. The molecule has 2 aromatic carbocycles. The number of aryl methyl sites for hydroxylation is 1. The molecule has 1 aliphatic carbocycles. The van der Waals surface area contributed by atoms with Gasteiger partial charge in [0.25, 0.3) is 0 Å². The molecule has 0 radical (unpaired) electrons. The van der Waals surface area contributed by atoms with Crippen LogP contribution in [0.15, 0.2) is 42.5 Å². The smallest absolute Gasteiger partial charge is 0.384 e. The van der Waals surface area contributed by atoms with Gasteiger partial charge in [-0.3, -0.25) is 0 Å². The maximum absolute atomic E-state index is 11.2. The van der Waals surface area contributed by atoms with Gasteiger partial charge >= 0.3 is 5.97 Å². The minimum Gasteiger partial charge on any atom is -0.486 e. The molecule has 1 atom stereocenters. The van der Waals surface area contributed by atoms with E-state index in [2.05, 4.69) is 11.8 Å². The Labute approximate surface area is 146 Å². The van der Waals surface area contributed by atoms with Gasteiger partial charge in [0.2, 0.25) is 0 Å². The molecule has 122 valence electrons. The van der Waals surface area contributed by atoms with Crippen molar-refractivity contribution >= 4 is 17.6 Å². The molecule has 0 heterocycles. The van der Waals surface area contributed by atoms with Crippen molar-refractivity contribution in [2.24, 2.45) is 0 Å². The summed E-state index contributed by atoms with van der Waals surface area (Å²) in [5.74, 6) is 5.49. The molecular formula is C20H17ClO3. The summed E-state index contributed by atoms with van der Waals surface area (Å²) in [6.07, 6.45) is 1.97. The van der Waals surface area contributed by atoms with Crippen LogP contribution in [0.1, 0.15) is 36.1 Å². The van der Waals surface area contributed by atoms with Gasteiger partial charge in [0, 0.05) is 16.5 Å². The van der Waals surface area contributed by atoms with Gasteiger partial charge in [-0.05, 0) is 67.3 Å². The van der Waals surface area contributed by atoms with Crippen LogP contribution in [0.3, 0.4) is 0 Å². The van der Waals surface area contributed by atoms with E-state index in [1.807, 2.05) is 42.5 Å². The fraction of sp³-hybridized carbons (Fsp3) is 0.250. The average molecular weight is 341 g/mol. The first-order valence-corrected chi connectivity index (χ1v) is 8.27. The maximum Gasteiger partial charge on any atom is 0.384 e. The van der Waals surface area contributed by atoms with E-state index in [4.69, 9.17) is 21.1 Å². The summed E-state index contributed by atoms with van der Waals surface area (Å²) < 4.78 is 10.8. The monoisotopic (exact) mass is 340 g/mol. The highest BCUT2D eigenvalue weighted by atomic mass is 35.5. The zero-order valence-corrected chi connectivity index (χ0v) is 14.1. The van der Waals surface area contributed by atoms with Gasteiger partial charge in [0.1, 0.15) is 11.9 Å². The second-order valence-corrected chi connectivity index (χ2v) is 5.92. The quantitative estimate of drug-likeness (QED) is 0.616. The molecule has 1 unspecified atom stereocenters. The Bertz CT molecular complexity index is 800. The first-order chi connectivity index (χ1) is 11.7. The first kappa shape index (κ1) is 16.4. The second-order valence-electron chi connectivity index (χ2n) is 5.48. The van der Waals surface area contributed by atoms with Crippen LogP contribution in [-0.4, -0.2) is 12.6 Å². The number of rotatable bonds is 3. The van der Waals surface area contributed by atoms with Gasteiger partial charge in [-0.25, -0.2) is 4.79 Å². The molecule has 0 saturated carbocycles. The molecule has 0 bridgehead atoms. The van der Waals surface area contributed by atoms with Gasteiger partial charge in [-0.1, -0.05) is 23.6 Å². The van der Waals surface area contributed by atoms with Crippen LogP contribution in [0.5, 0.6) is 5.75 Å². The van der Waals surface area contributed by atoms with E-state index < -0.39 is 5.97 Å². The van der Waals surface area contributed by atoms with E-state index in [0.717, 1.165) is 29.2 Å². The van der Waals surface area contributed by atoms with Crippen LogP contribution in [-0.2, 0) is 16.0 Å². The predicted molar refractivity (Wildman–Crippen MR) is 93.1 cm³/mol. The Morgan fingerprint density at radius 3 is 2.79 bits per heavy atom. The number of carbonyl (C=O) groups is 1. The molecular weight excluding hydrogens is 324 g/mol. The summed E-state index contributed by atoms with van der Waals surface area (Å²) in [4.78, 5) is 11.2. The third-order valence-electron chi connectivity index (χ3n) is 3.84. The minimum absolute atomic E-state index is 0.0498. The Balaban J connectivity index is 1.67. The van der Waals surface area contributed by atoms with Crippen LogP contribution in [0, 0.1) is 11.8 Å². The number of halogens is 1. The summed E-state index contributed by atoms with van der Waals surface area (Å²) in [6, 6.07) is 13.3. The maximum atomic E-state index is 11.2. The van der Waals surface area contributed by atoms with Crippen LogP contribution < -0.4 is 4.74 Å². The van der Waals surface area contributed by atoms with E-state index in [0.29, 0.717) is 6.61 Å². The molecule has 24 heavy (non-hydrogen) atoms. The number of benzene rings is 2. The number of ether oxygens (including phenoxy) is 2. The summed E-state index contributed by atoms with van der Waals surface area (Å²) >= 11 is 6.03. The number of fused-ring (bicyclic) bond motifs is 1. The fourth-order valence-electron chi connectivity index (χ4n) is 2.74. The van der Waals surface area contributed by atoms with Crippen LogP contribution in [0.4, 0.5) is 0 Å². The zero-order chi connectivity index (χ0) is 16.9. The van der Waals surface area contributed by atoms with Crippen molar-refractivity contribution in [3.63, 3.8) is 0 Å². The van der Waals surface area contributed by atoms with Crippen LogP contribution >= 0.6 is 11.6 Å². The topological polar surface area (TPSA) is 35.5 Å². The summed E-state index contributed by atoms with van der Waals surface area (Å²) in [5, 5.41) is 0.763. The van der Waals surface area contributed by atoms with Crippen molar-refractivity contribution in [1.29, 1.82) is 0 Å². The Kier molecular flexibility index (Phi) is 5.08. The van der Waals surface area contributed by atoms with Crippen molar-refractivity contribution < 1.29 is 14.3 Å².